The monoisotopic (exact) mass is 259 g/mol. The van der Waals surface area contributed by atoms with Gasteiger partial charge in [0, 0.05) is 25.2 Å². The molecule has 0 saturated heterocycles. The molecule has 3 aromatic heterocycles. The molecule has 0 fully saturated rings. The first-order valence-electron chi connectivity index (χ1n) is 5.63. The Labute approximate surface area is 109 Å². The van der Waals surface area contributed by atoms with Crippen LogP contribution in [0.4, 0.5) is 5.82 Å². The molecule has 0 bridgehead atoms. The van der Waals surface area contributed by atoms with E-state index < -0.39 is 0 Å². The van der Waals surface area contributed by atoms with Crippen molar-refractivity contribution in [1.82, 2.24) is 19.7 Å². The van der Waals surface area contributed by atoms with E-state index in [1.54, 1.807) is 16.0 Å². The first-order chi connectivity index (χ1) is 8.67. The van der Waals surface area contributed by atoms with E-state index in [4.69, 9.17) is 0 Å². The molecule has 0 aliphatic heterocycles. The number of fused-ring (bicyclic) bond motifs is 1. The molecule has 0 saturated carbocycles. The van der Waals surface area contributed by atoms with Crippen LogP contribution in [0.1, 0.15) is 4.88 Å². The molecular weight excluding hydrogens is 246 g/mol. The molecule has 0 radical (unpaired) electrons. The topological polar surface area (TPSA) is 55.6 Å². The van der Waals surface area contributed by atoms with Crippen LogP contribution < -0.4 is 5.32 Å². The molecule has 0 spiro atoms. The van der Waals surface area contributed by atoms with E-state index >= 15 is 0 Å². The Morgan fingerprint density at radius 1 is 1.33 bits per heavy atom. The van der Waals surface area contributed by atoms with Crippen LogP contribution in [-0.4, -0.2) is 26.8 Å². The van der Waals surface area contributed by atoms with Gasteiger partial charge >= 0.3 is 0 Å². The Kier molecular flexibility index (Phi) is 2.52. The standard InChI is InChI=1S/C12H13N5S/c1-7-6-8-10(13-2)14-11(15-12(8)18-7)9-4-5-17(3)16-9/h4-6H,1-3H3,(H,13,14,15). The van der Waals surface area contributed by atoms with Gasteiger partial charge in [-0.2, -0.15) is 5.10 Å². The van der Waals surface area contributed by atoms with E-state index in [-0.39, 0.29) is 0 Å². The third-order valence-corrected chi connectivity index (χ3v) is 3.64. The minimum absolute atomic E-state index is 0.661. The smallest absolute Gasteiger partial charge is 0.183 e. The van der Waals surface area contributed by atoms with Crippen LogP contribution >= 0.6 is 11.3 Å². The van der Waals surface area contributed by atoms with Gasteiger partial charge in [0.15, 0.2) is 5.82 Å². The predicted octanol–water partition coefficient (Wildman–Crippen LogP) is 2.44. The molecule has 0 unspecified atom stereocenters. The van der Waals surface area contributed by atoms with Crippen molar-refractivity contribution in [2.24, 2.45) is 7.05 Å². The van der Waals surface area contributed by atoms with Crippen LogP contribution in [-0.2, 0) is 7.05 Å². The lowest BCUT2D eigenvalue weighted by molar-refractivity contribution is 0.769. The number of aryl methyl sites for hydroxylation is 2. The van der Waals surface area contributed by atoms with E-state index in [0.29, 0.717) is 5.82 Å². The highest BCUT2D eigenvalue weighted by Gasteiger charge is 2.12. The number of aromatic nitrogens is 4. The summed E-state index contributed by atoms with van der Waals surface area (Å²) in [4.78, 5) is 11.3. The minimum Gasteiger partial charge on any atom is -0.372 e. The molecule has 3 rings (SSSR count). The molecule has 5 nitrogen and oxygen atoms in total. The molecule has 1 N–H and O–H groups in total. The summed E-state index contributed by atoms with van der Waals surface area (Å²) < 4.78 is 1.75. The normalized spacial score (nSPS) is 11.1. The van der Waals surface area contributed by atoms with Crippen LogP contribution in [0.15, 0.2) is 18.3 Å². The third kappa shape index (κ3) is 1.74. The first kappa shape index (κ1) is 11.2. The largest absolute Gasteiger partial charge is 0.372 e. The van der Waals surface area contributed by atoms with E-state index in [2.05, 4.69) is 33.4 Å². The van der Waals surface area contributed by atoms with E-state index in [1.807, 2.05) is 26.4 Å². The SMILES string of the molecule is CNc1nc(-c2ccn(C)n2)nc2sc(C)cc12. The lowest BCUT2D eigenvalue weighted by atomic mass is 10.3. The fourth-order valence-corrected chi connectivity index (χ4v) is 2.76. The Balaban J connectivity index is 2.24. The molecule has 92 valence electrons. The highest BCUT2D eigenvalue weighted by atomic mass is 32.1. The number of nitrogens with one attached hydrogen (secondary N) is 1. The van der Waals surface area contributed by atoms with Gasteiger partial charge in [0.2, 0.25) is 0 Å². The number of thiophene rings is 1. The quantitative estimate of drug-likeness (QED) is 0.768. The lowest BCUT2D eigenvalue weighted by Gasteiger charge is -2.03. The lowest BCUT2D eigenvalue weighted by Crippen LogP contribution is -1.98. The number of rotatable bonds is 2. The minimum atomic E-state index is 0.661. The van der Waals surface area contributed by atoms with Gasteiger partial charge in [0.1, 0.15) is 16.3 Å². The fraction of sp³-hybridized carbons (Fsp3) is 0.250. The zero-order chi connectivity index (χ0) is 12.7. The molecule has 0 atom stereocenters. The summed E-state index contributed by atoms with van der Waals surface area (Å²) in [5.41, 5.74) is 0.793. The summed E-state index contributed by atoms with van der Waals surface area (Å²) in [7, 11) is 3.76. The van der Waals surface area contributed by atoms with Gasteiger partial charge in [-0.15, -0.1) is 11.3 Å². The molecule has 3 heterocycles. The Morgan fingerprint density at radius 2 is 2.17 bits per heavy atom. The van der Waals surface area contributed by atoms with E-state index in [9.17, 15) is 0 Å². The van der Waals surface area contributed by atoms with Crippen LogP contribution in [0.3, 0.4) is 0 Å². The number of hydrogen-bond donors (Lipinski definition) is 1. The molecule has 18 heavy (non-hydrogen) atoms. The second-order valence-electron chi connectivity index (χ2n) is 4.10. The molecule has 0 amide bonds. The van der Waals surface area contributed by atoms with Crippen molar-refractivity contribution in [2.75, 3.05) is 12.4 Å². The zero-order valence-electron chi connectivity index (χ0n) is 10.4. The average molecular weight is 259 g/mol. The summed E-state index contributed by atoms with van der Waals surface area (Å²) in [5, 5.41) is 8.53. The van der Waals surface area contributed by atoms with E-state index in [1.165, 1.54) is 4.88 Å². The second-order valence-corrected chi connectivity index (χ2v) is 5.33. The maximum atomic E-state index is 4.58. The number of hydrogen-bond acceptors (Lipinski definition) is 5. The Hall–Kier alpha value is -1.95. The van der Waals surface area contributed by atoms with Gasteiger partial charge < -0.3 is 5.32 Å². The molecule has 3 aromatic rings. The Morgan fingerprint density at radius 3 is 2.83 bits per heavy atom. The summed E-state index contributed by atoms with van der Waals surface area (Å²) in [6.45, 7) is 2.08. The summed E-state index contributed by atoms with van der Waals surface area (Å²) in [5.74, 6) is 1.51. The van der Waals surface area contributed by atoms with Crippen LogP contribution in [0, 0.1) is 6.92 Å². The van der Waals surface area contributed by atoms with Crippen molar-refractivity contribution in [2.45, 2.75) is 6.92 Å². The van der Waals surface area contributed by atoms with Crippen LogP contribution in [0.2, 0.25) is 0 Å². The molecule has 0 aromatic carbocycles. The molecule has 0 aliphatic carbocycles. The Bertz CT molecular complexity index is 712. The van der Waals surface area contributed by atoms with Crippen LogP contribution in [0.5, 0.6) is 0 Å². The summed E-state index contributed by atoms with van der Waals surface area (Å²) in [6, 6.07) is 4.02. The van der Waals surface area contributed by atoms with Gasteiger partial charge in [-0.25, -0.2) is 9.97 Å². The van der Waals surface area contributed by atoms with Gasteiger partial charge in [0.05, 0.1) is 5.39 Å². The molecular formula is C12H13N5S. The van der Waals surface area contributed by atoms with Gasteiger partial charge in [-0.3, -0.25) is 4.68 Å². The van der Waals surface area contributed by atoms with Gasteiger partial charge in [0.25, 0.3) is 0 Å². The second kappa shape index (κ2) is 4.06. The number of nitrogens with zero attached hydrogens (tertiary/aromatic N) is 4. The highest BCUT2D eigenvalue weighted by molar-refractivity contribution is 7.18. The summed E-state index contributed by atoms with van der Waals surface area (Å²) >= 11 is 1.67. The fourth-order valence-electron chi connectivity index (χ4n) is 1.88. The van der Waals surface area contributed by atoms with Crippen molar-refractivity contribution in [1.29, 1.82) is 0 Å². The van der Waals surface area contributed by atoms with E-state index in [0.717, 1.165) is 21.7 Å². The van der Waals surface area contributed by atoms with Gasteiger partial charge in [-0.1, -0.05) is 0 Å². The third-order valence-electron chi connectivity index (χ3n) is 2.70. The maximum absolute atomic E-state index is 4.58. The predicted molar refractivity (Wildman–Crippen MR) is 73.9 cm³/mol. The molecule has 0 aliphatic rings. The average Bonchev–Trinajstić information content (AvgIpc) is 2.92. The van der Waals surface area contributed by atoms with Crippen molar-refractivity contribution in [3.8, 4) is 11.5 Å². The first-order valence-corrected chi connectivity index (χ1v) is 6.45. The maximum Gasteiger partial charge on any atom is 0.183 e. The van der Waals surface area contributed by atoms with Crippen LogP contribution in [0.25, 0.3) is 21.7 Å². The van der Waals surface area contributed by atoms with Crippen molar-refractivity contribution in [3.05, 3.63) is 23.2 Å². The van der Waals surface area contributed by atoms with Crippen molar-refractivity contribution in [3.63, 3.8) is 0 Å². The van der Waals surface area contributed by atoms with Gasteiger partial charge in [-0.05, 0) is 19.1 Å². The zero-order valence-corrected chi connectivity index (χ0v) is 11.2. The molecule has 6 heteroatoms. The summed E-state index contributed by atoms with van der Waals surface area (Å²) in [6.07, 6.45) is 1.89. The van der Waals surface area contributed by atoms with Crippen molar-refractivity contribution >= 4 is 27.4 Å². The van der Waals surface area contributed by atoms with Crippen molar-refractivity contribution < 1.29 is 0 Å². The number of anilines is 1. The highest BCUT2D eigenvalue weighted by Crippen LogP contribution is 2.30.